The molecule has 4 heteroatoms. The lowest BCUT2D eigenvalue weighted by molar-refractivity contribution is -0.00337. The molecule has 11 heavy (non-hydrogen) atoms. The Balaban J connectivity index is 0.000000605. The van der Waals surface area contributed by atoms with Gasteiger partial charge in [-0.05, 0) is 6.42 Å². The lowest BCUT2D eigenvalue weighted by atomic mass is 9.98. The molecule has 0 saturated carbocycles. The van der Waals surface area contributed by atoms with E-state index in [0.717, 1.165) is 26.1 Å². The summed E-state index contributed by atoms with van der Waals surface area (Å²) in [6, 6.07) is 0.238. The van der Waals surface area contributed by atoms with Gasteiger partial charge in [0.1, 0.15) is 0 Å². The summed E-state index contributed by atoms with van der Waals surface area (Å²) in [5.41, 5.74) is 5.72. The van der Waals surface area contributed by atoms with Crippen molar-refractivity contribution >= 4 is 12.4 Å². The third kappa shape index (κ3) is 1.67. The molecule has 0 aromatic carbocycles. The number of rotatable bonds is 0. The Morgan fingerprint density at radius 1 is 1.45 bits per heavy atom. The first kappa shape index (κ1) is 9.26. The fourth-order valence-electron chi connectivity index (χ4n) is 1.74. The molecule has 0 radical (unpaired) electrons. The molecule has 3 nitrogen and oxygen atoms in total. The number of hydrogen-bond acceptors (Lipinski definition) is 3. The van der Waals surface area contributed by atoms with Crippen molar-refractivity contribution in [2.24, 2.45) is 5.73 Å². The van der Waals surface area contributed by atoms with Crippen LogP contribution in [0.15, 0.2) is 0 Å². The van der Waals surface area contributed by atoms with Crippen molar-refractivity contribution < 1.29 is 9.47 Å². The molecule has 2 atom stereocenters. The Kier molecular flexibility index (Phi) is 2.75. The molecule has 2 unspecified atom stereocenters. The minimum absolute atomic E-state index is 0. The maximum atomic E-state index is 5.71. The zero-order chi connectivity index (χ0) is 7.03. The molecule has 0 amide bonds. The van der Waals surface area contributed by atoms with Crippen LogP contribution in [-0.2, 0) is 9.47 Å². The van der Waals surface area contributed by atoms with Gasteiger partial charge in [0.15, 0.2) is 0 Å². The van der Waals surface area contributed by atoms with Gasteiger partial charge in [0, 0.05) is 19.1 Å². The molecule has 2 aliphatic heterocycles. The number of hydrogen-bond donors (Lipinski definition) is 1. The molecule has 0 aromatic heterocycles. The van der Waals surface area contributed by atoms with E-state index in [2.05, 4.69) is 0 Å². The fraction of sp³-hybridized carbons (Fsp3) is 1.00. The van der Waals surface area contributed by atoms with Crippen LogP contribution in [0.5, 0.6) is 0 Å². The Hall–Kier alpha value is 0.170. The van der Waals surface area contributed by atoms with E-state index in [1.807, 2.05) is 0 Å². The number of halogens is 1. The quantitative estimate of drug-likeness (QED) is 0.583. The van der Waals surface area contributed by atoms with Gasteiger partial charge in [-0.3, -0.25) is 0 Å². The van der Waals surface area contributed by atoms with Crippen LogP contribution >= 0.6 is 12.4 Å². The molecule has 66 valence electrons. The topological polar surface area (TPSA) is 44.5 Å². The van der Waals surface area contributed by atoms with Gasteiger partial charge in [-0.25, -0.2) is 0 Å². The summed E-state index contributed by atoms with van der Waals surface area (Å²) in [6.07, 6.45) is 2.01. The first-order valence-electron chi connectivity index (χ1n) is 3.78. The van der Waals surface area contributed by atoms with Crippen LogP contribution in [0.25, 0.3) is 0 Å². The Morgan fingerprint density at radius 3 is 2.73 bits per heavy atom. The summed E-state index contributed by atoms with van der Waals surface area (Å²) < 4.78 is 10.8. The number of nitrogens with two attached hydrogens (primary N) is 1. The summed E-state index contributed by atoms with van der Waals surface area (Å²) in [5.74, 6) is 0. The van der Waals surface area contributed by atoms with Crippen LogP contribution in [0, 0.1) is 0 Å². The predicted octanol–water partition coefficient (Wildman–Crippen LogP) is 0.315. The van der Waals surface area contributed by atoms with Gasteiger partial charge in [-0.2, -0.15) is 0 Å². The van der Waals surface area contributed by atoms with Crippen LogP contribution in [0.4, 0.5) is 0 Å². The second kappa shape index (κ2) is 3.27. The molecule has 0 bridgehead atoms. The molecule has 2 fully saturated rings. The van der Waals surface area contributed by atoms with Crippen LogP contribution in [-0.4, -0.2) is 31.5 Å². The SMILES string of the molecule is Cl.NC1COC2(CCOC2)C1. The summed E-state index contributed by atoms with van der Waals surface area (Å²) in [6.45, 7) is 2.30. The average Bonchev–Trinajstić information content (AvgIpc) is 2.46. The van der Waals surface area contributed by atoms with Gasteiger partial charge in [-0.15, -0.1) is 12.4 Å². The molecule has 2 saturated heterocycles. The summed E-state index contributed by atoms with van der Waals surface area (Å²) in [5, 5.41) is 0. The third-order valence-corrected chi connectivity index (χ3v) is 2.30. The highest BCUT2D eigenvalue weighted by Crippen LogP contribution is 2.32. The Labute approximate surface area is 72.6 Å². The highest BCUT2D eigenvalue weighted by atomic mass is 35.5. The van der Waals surface area contributed by atoms with Gasteiger partial charge in [-0.1, -0.05) is 0 Å². The second-order valence-corrected chi connectivity index (χ2v) is 3.26. The fourth-order valence-corrected chi connectivity index (χ4v) is 1.74. The third-order valence-electron chi connectivity index (χ3n) is 2.30. The average molecular weight is 180 g/mol. The van der Waals surface area contributed by atoms with Crippen molar-refractivity contribution in [3.05, 3.63) is 0 Å². The van der Waals surface area contributed by atoms with E-state index in [1.54, 1.807) is 0 Å². The van der Waals surface area contributed by atoms with Crippen LogP contribution in [0.1, 0.15) is 12.8 Å². The molecule has 2 aliphatic rings. The van der Waals surface area contributed by atoms with Crippen LogP contribution in [0.2, 0.25) is 0 Å². The van der Waals surface area contributed by atoms with Gasteiger partial charge in [0.2, 0.25) is 0 Å². The van der Waals surface area contributed by atoms with Crippen molar-refractivity contribution in [3.8, 4) is 0 Å². The zero-order valence-electron chi connectivity index (χ0n) is 6.41. The van der Waals surface area contributed by atoms with Gasteiger partial charge in [0.05, 0.1) is 18.8 Å². The predicted molar refractivity (Wildman–Crippen MR) is 44.0 cm³/mol. The van der Waals surface area contributed by atoms with Crippen LogP contribution < -0.4 is 5.73 Å². The van der Waals surface area contributed by atoms with E-state index in [0.29, 0.717) is 6.61 Å². The minimum atomic E-state index is 0. The van der Waals surface area contributed by atoms with Gasteiger partial charge in [0.25, 0.3) is 0 Å². The van der Waals surface area contributed by atoms with Crippen molar-refractivity contribution in [3.63, 3.8) is 0 Å². The van der Waals surface area contributed by atoms with Crippen molar-refractivity contribution in [1.82, 2.24) is 0 Å². The second-order valence-electron chi connectivity index (χ2n) is 3.26. The zero-order valence-corrected chi connectivity index (χ0v) is 7.23. The molecule has 1 spiro atoms. The lowest BCUT2D eigenvalue weighted by Gasteiger charge is -2.18. The molecule has 0 aliphatic carbocycles. The van der Waals surface area contributed by atoms with E-state index >= 15 is 0 Å². The monoisotopic (exact) mass is 179 g/mol. The Bertz CT molecular complexity index is 136. The van der Waals surface area contributed by atoms with Gasteiger partial charge < -0.3 is 15.2 Å². The molecule has 2 rings (SSSR count). The highest BCUT2D eigenvalue weighted by molar-refractivity contribution is 5.85. The summed E-state index contributed by atoms with van der Waals surface area (Å²) in [4.78, 5) is 0. The van der Waals surface area contributed by atoms with Crippen LogP contribution in [0.3, 0.4) is 0 Å². The molecule has 2 N–H and O–H groups in total. The first-order valence-corrected chi connectivity index (χ1v) is 3.78. The maximum absolute atomic E-state index is 5.71. The van der Waals surface area contributed by atoms with Crippen molar-refractivity contribution in [2.45, 2.75) is 24.5 Å². The highest BCUT2D eigenvalue weighted by Gasteiger charge is 2.42. The van der Waals surface area contributed by atoms with E-state index in [9.17, 15) is 0 Å². The molecule has 0 aromatic rings. The molecular formula is C7H14ClNO2. The normalized spacial score (nSPS) is 42.8. The maximum Gasteiger partial charge on any atom is 0.0953 e. The summed E-state index contributed by atoms with van der Waals surface area (Å²) >= 11 is 0. The first-order chi connectivity index (χ1) is 4.81. The molecular weight excluding hydrogens is 166 g/mol. The largest absolute Gasteiger partial charge is 0.378 e. The van der Waals surface area contributed by atoms with E-state index in [4.69, 9.17) is 15.2 Å². The van der Waals surface area contributed by atoms with E-state index in [-0.39, 0.29) is 24.0 Å². The van der Waals surface area contributed by atoms with Crippen molar-refractivity contribution in [2.75, 3.05) is 19.8 Å². The summed E-state index contributed by atoms with van der Waals surface area (Å²) in [7, 11) is 0. The number of ether oxygens (including phenoxy) is 2. The van der Waals surface area contributed by atoms with Crippen molar-refractivity contribution in [1.29, 1.82) is 0 Å². The smallest absolute Gasteiger partial charge is 0.0953 e. The standard InChI is InChI=1S/C7H13NO2.ClH/c8-6-3-7(10-4-6)1-2-9-5-7;/h6H,1-5,8H2;1H. The van der Waals surface area contributed by atoms with Gasteiger partial charge >= 0.3 is 0 Å². The Morgan fingerprint density at radius 2 is 2.27 bits per heavy atom. The minimum Gasteiger partial charge on any atom is -0.378 e. The lowest BCUT2D eigenvalue weighted by Crippen LogP contribution is -2.29. The van der Waals surface area contributed by atoms with E-state index in [1.165, 1.54) is 0 Å². The van der Waals surface area contributed by atoms with E-state index < -0.39 is 0 Å². The molecule has 2 heterocycles.